The summed E-state index contributed by atoms with van der Waals surface area (Å²) in [5.41, 5.74) is -0.228. The second kappa shape index (κ2) is 7.85. The highest BCUT2D eigenvalue weighted by Gasteiger charge is 2.34. The fourth-order valence-electron chi connectivity index (χ4n) is 3.11. The minimum absolute atomic E-state index is 0.0526. The van der Waals surface area contributed by atoms with Crippen molar-refractivity contribution >= 4 is 17.6 Å². The topological polar surface area (TPSA) is 89.8 Å². The summed E-state index contributed by atoms with van der Waals surface area (Å²) >= 11 is 0. The van der Waals surface area contributed by atoms with Gasteiger partial charge in [0, 0.05) is 36.7 Å². The van der Waals surface area contributed by atoms with E-state index in [9.17, 15) is 19.7 Å². The quantitative estimate of drug-likeness (QED) is 0.455. The summed E-state index contributed by atoms with van der Waals surface area (Å²) in [5, 5.41) is 10.7. The first kappa shape index (κ1) is 19.9. The van der Waals surface area contributed by atoms with Crippen LogP contribution in [0.5, 0.6) is 0 Å². The molecule has 26 heavy (non-hydrogen) atoms. The van der Waals surface area contributed by atoms with E-state index in [2.05, 4.69) is 6.92 Å². The number of ether oxygens (including phenoxy) is 1. The molecule has 0 saturated carbocycles. The van der Waals surface area contributed by atoms with Gasteiger partial charge < -0.3 is 9.64 Å². The van der Waals surface area contributed by atoms with E-state index in [-0.39, 0.29) is 23.9 Å². The van der Waals surface area contributed by atoms with Crippen LogP contribution in [0.3, 0.4) is 0 Å². The summed E-state index contributed by atoms with van der Waals surface area (Å²) < 4.78 is 5.47. The maximum Gasteiger partial charge on any atom is 0.410 e. The van der Waals surface area contributed by atoms with Gasteiger partial charge in [0.05, 0.1) is 4.92 Å². The molecule has 7 nitrogen and oxygen atoms in total. The molecule has 1 heterocycles. The molecule has 0 N–H and O–H groups in total. The van der Waals surface area contributed by atoms with Crippen molar-refractivity contribution in [2.75, 3.05) is 6.54 Å². The van der Waals surface area contributed by atoms with E-state index in [4.69, 9.17) is 4.74 Å². The van der Waals surface area contributed by atoms with Gasteiger partial charge in [-0.2, -0.15) is 0 Å². The first-order valence-corrected chi connectivity index (χ1v) is 8.84. The van der Waals surface area contributed by atoms with Crippen LogP contribution < -0.4 is 0 Å². The number of hydrogen-bond acceptors (Lipinski definition) is 5. The van der Waals surface area contributed by atoms with Gasteiger partial charge in [-0.15, -0.1) is 0 Å². The molecule has 1 fully saturated rings. The molecular formula is C19H26N2O5. The number of nitro groups is 1. The van der Waals surface area contributed by atoms with Crippen LogP contribution in [0.4, 0.5) is 10.5 Å². The minimum atomic E-state index is -0.590. The molecule has 1 aromatic rings. The third kappa shape index (κ3) is 5.28. The molecule has 1 aromatic carbocycles. The number of carbonyl (C=O) groups is 2. The molecule has 1 amide bonds. The van der Waals surface area contributed by atoms with E-state index in [1.165, 1.54) is 24.3 Å². The molecule has 2 rings (SSSR count). The monoisotopic (exact) mass is 362 g/mol. The van der Waals surface area contributed by atoms with Gasteiger partial charge in [-0.25, -0.2) is 4.79 Å². The van der Waals surface area contributed by atoms with Crippen molar-refractivity contribution in [3.05, 3.63) is 39.9 Å². The Labute approximate surface area is 153 Å². The lowest BCUT2D eigenvalue weighted by Gasteiger charge is -2.39. The average molecular weight is 362 g/mol. The molecule has 1 aliphatic rings. The van der Waals surface area contributed by atoms with Gasteiger partial charge in [-0.05, 0) is 51.7 Å². The Bertz CT molecular complexity index is 678. The number of hydrogen-bond donors (Lipinski definition) is 0. The molecule has 0 aromatic heterocycles. The number of piperidine rings is 1. The molecule has 0 bridgehead atoms. The summed E-state index contributed by atoms with van der Waals surface area (Å²) in [7, 11) is 0. The number of amides is 1. The van der Waals surface area contributed by atoms with Crippen molar-refractivity contribution in [2.45, 2.75) is 58.6 Å². The average Bonchev–Trinajstić information content (AvgIpc) is 2.53. The van der Waals surface area contributed by atoms with Gasteiger partial charge in [0.1, 0.15) is 5.60 Å². The predicted octanol–water partition coefficient (Wildman–Crippen LogP) is 4.20. The highest BCUT2D eigenvalue weighted by Crippen LogP contribution is 2.27. The van der Waals surface area contributed by atoms with Crippen molar-refractivity contribution in [1.29, 1.82) is 0 Å². The number of Topliss-reactive ketones (excluding diaryl/α,β-unsaturated/α-hetero) is 1. The van der Waals surface area contributed by atoms with Gasteiger partial charge in [0.25, 0.3) is 5.69 Å². The van der Waals surface area contributed by atoms with E-state index in [0.717, 1.165) is 12.8 Å². The van der Waals surface area contributed by atoms with Crippen LogP contribution in [0.15, 0.2) is 24.3 Å². The molecule has 2 unspecified atom stereocenters. The molecular weight excluding hydrogens is 336 g/mol. The van der Waals surface area contributed by atoms with Crippen molar-refractivity contribution in [3.63, 3.8) is 0 Å². The molecule has 7 heteroatoms. The minimum Gasteiger partial charge on any atom is -0.444 e. The summed E-state index contributed by atoms with van der Waals surface area (Å²) in [5.74, 6) is 0.288. The normalized spacial score (nSPS) is 20.5. The maximum absolute atomic E-state index is 12.6. The van der Waals surface area contributed by atoms with Crippen LogP contribution in [-0.2, 0) is 4.74 Å². The smallest absolute Gasteiger partial charge is 0.410 e. The lowest BCUT2D eigenvalue weighted by molar-refractivity contribution is -0.384. The zero-order valence-corrected chi connectivity index (χ0v) is 15.7. The molecule has 0 spiro atoms. The Balaban J connectivity index is 2.10. The number of likely N-dealkylation sites (tertiary alicyclic amines) is 1. The molecule has 142 valence electrons. The van der Waals surface area contributed by atoms with Crippen molar-refractivity contribution in [2.24, 2.45) is 5.92 Å². The van der Waals surface area contributed by atoms with E-state index < -0.39 is 16.6 Å². The summed E-state index contributed by atoms with van der Waals surface area (Å²) in [4.78, 5) is 37.0. The lowest BCUT2D eigenvalue weighted by Crippen LogP contribution is -2.48. The highest BCUT2D eigenvalue weighted by molar-refractivity contribution is 5.96. The Morgan fingerprint density at radius 3 is 2.42 bits per heavy atom. The second-order valence-electron chi connectivity index (χ2n) is 7.89. The summed E-state index contributed by atoms with van der Waals surface area (Å²) in [6.45, 7) is 8.11. The Morgan fingerprint density at radius 2 is 1.88 bits per heavy atom. The first-order chi connectivity index (χ1) is 12.1. The summed E-state index contributed by atoms with van der Waals surface area (Å²) in [6, 6.07) is 5.34. The van der Waals surface area contributed by atoms with E-state index in [1.54, 1.807) is 4.90 Å². The number of carbonyl (C=O) groups excluding carboxylic acids is 2. The van der Waals surface area contributed by atoms with Crippen LogP contribution in [0.1, 0.15) is 57.3 Å². The van der Waals surface area contributed by atoms with Gasteiger partial charge in [0.2, 0.25) is 0 Å². The van der Waals surface area contributed by atoms with Gasteiger partial charge in [-0.3, -0.25) is 14.9 Å². The first-order valence-electron chi connectivity index (χ1n) is 8.84. The Hall–Kier alpha value is -2.44. The zero-order chi connectivity index (χ0) is 19.5. The van der Waals surface area contributed by atoms with Crippen molar-refractivity contribution < 1.29 is 19.2 Å². The van der Waals surface area contributed by atoms with Gasteiger partial charge in [0.15, 0.2) is 5.78 Å². The third-order valence-corrected chi connectivity index (χ3v) is 4.43. The summed E-state index contributed by atoms with van der Waals surface area (Å²) in [6.07, 6.45) is 1.40. The van der Waals surface area contributed by atoms with Crippen molar-refractivity contribution in [1.82, 2.24) is 4.90 Å². The van der Waals surface area contributed by atoms with Crippen molar-refractivity contribution in [3.8, 4) is 0 Å². The number of rotatable bonds is 4. The van der Waals surface area contributed by atoms with E-state index >= 15 is 0 Å². The number of nitro benzene ring substituents is 1. The van der Waals surface area contributed by atoms with Crippen LogP contribution in [0.2, 0.25) is 0 Å². The molecule has 2 atom stereocenters. The molecule has 1 aliphatic heterocycles. The van der Waals surface area contributed by atoms with Gasteiger partial charge in [-0.1, -0.05) is 6.92 Å². The molecule has 0 radical (unpaired) electrons. The van der Waals surface area contributed by atoms with Gasteiger partial charge >= 0.3 is 6.09 Å². The number of non-ortho nitro benzene ring substituents is 1. The van der Waals surface area contributed by atoms with Crippen LogP contribution >= 0.6 is 0 Å². The fourth-order valence-corrected chi connectivity index (χ4v) is 3.11. The zero-order valence-electron chi connectivity index (χ0n) is 15.7. The van der Waals surface area contributed by atoms with Crippen LogP contribution in [0, 0.1) is 16.0 Å². The second-order valence-corrected chi connectivity index (χ2v) is 7.89. The maximum atomic E-state index is 12.6. The lowest BCUT2D eigenvalue weighted by atomic mass is 9.89. The van der Waals surface area contributed by atoms with E-state index in [0.29, 0.717) is 18.0 Å². The highest BCUT2D eigenvalue weighted by atomic mass is 16.6. The van der Waals surface area contributed by atoms with Crippen LogP contribution in [0.25, 0.3) is 0 Å². The number of ketones is 1. The third-order valence-electron chi connectivity index (χ3n) is 4.43. The predicted molar refractivity (Wildman–Crippen MR) is 97.2 cm³/mol. The number of nitrogens with zero attached hydrogens (tertiary/aromatic N) is 2. The molecule has 0 aliphatic carbocycles. The SMILES string of the molecule is CC1CCN(C(=O)OC(C)(C)C)C(CC(=O)c2ccc([N+](=O)[O-])cc2)C1. The standard InChI is InChI=1S/C19H26N2O5/c1-13-9-10-20(18(23)26-19(2,3)4)16(11-13)12-17(22)14-5-7-15(8-6-14)21(24)25/h5-8,13,16H,9-12H2,1-4H3. The van der Waals surface area contributed by atoms with Crippen LogP contribution in [-0.4, -0.2) is 39.9 Å². The Morgan fingerprint density at radius 1 is 1.27 bits per heavy atom. The van der Waals surface area contributed by atoms with E-state index in [1.807, 2.05) is 20.8 Å². The Kier molecular flexibility index (Phi) is 6.00. The molecule has 1 saturated heterocycles. The fraction of sp³-hybridized carbons (Fsp3) is 0.579. The number of benzene rings is 1. The largest absolute Gasteiger partial charge is 0.444 e.